The second-order valence-corrected chi connectivity index (χ2v) is 15.6. The van der Waals surface area contributed by atoms with Gasteiger partial charge in [-0.05, 0) is 83.6 Å². The van der Waals surface area contributed by atoms with E-state index in [0.717, 1.165) is 72.4 Å². The van der Waals surface area contributed by atoms with Crippen molar-refractivity contribution in [1.82, 2.24) is 19.8 Å². The largest absolute Gasteiger partial charge is 2.00 e. The number of pyridine rings is 2. The Hall–Kier alpha value is -4.77. The summed E-state index contributed by atoms with van der Waals surface area (Å²) in [5, 5.41) is 62.4. The maximum Gasteiger partial charge on any atom is 0.111 e. The van der Waals surface area contributed by atoms with Gasteiger partial charge in [0.1, 0.15) is 11.5 Å². The minimum absolute atomic E-state index is 0. The fraction of sp³-hybridized carbons (Fsp3) is 0.393. The van der Waals surface area contributed by atoms with E-state index >= 15 is 0 Å². The van der Waals surface area contributed by atoms with E-state index in [4.69, 9.17) is 9.47 Å². The number of ether oxygens (including phenoxy) is 2. The van der Waals surface area contributed by atoms with Gasteiger partial charge in [-0.2, -0.15) is 0 Å². The maximum absolute atomic E-state index is 12.6. The van der Waals surface area contributed by atoms with Crippen molar-refractivity contribution >= 4 is 0 Å². The Morgan fingerprint density at radius 3 is 0.972 bits per heavy atom. The Labute approximate surface area is 454 Å². The van der Waals surface area contributed by atoms with Crippen LogP contribution in [0.15, 0.2) is 134 Å². The summed E-state index contributed by atoms with van der Waals surface area (Å²) in [6.07, 6.45) is 6.65. The van der Waals surface area contributed by atoms with Gasteiger partial charge in [0.25, 0.3) is 0 Å². The van der Waals surface area contributed by atoms with E-state index in [1.165, 1.54) is 25.3 Å². The maximum atomic E-state index is 12.6. The fourth-order valence-electron chi connectivity index (χ4n) is 6.11. The van der Waals surface area contributed by atoms with E-state index < -0.39 is 0 Å². The predicted octanol–water partition coefficient (Wildman–Crippen LogP) is 6.13. The van der Waals surface area contributed by atoms with Gasteiger partial charge >= 0.3 is 0 Å². The molecule has 0 fully saturated rings. The van der Waals surface area contributed by atoms with Crippen LogP contribution in [0.3, 0.4) is 0 Å². The summed E-state index contributed by atoms with van der Waals surface area (Å²) in [6.45, 7) is 15.6. The number of rotatable bonds is 18. The zero-order valence-corrected chi connectivity index (χ0v) is 46.2. The summed E-state index contributed by atoms with van der Waals surface area (Å²) in [5.41, 5.74) is 7.90. The van der Waals surface area contributed by atoms with Crippen LogP contribution in [0.5, 0.6) is 23.0 Å². The average Bonchev–Trinajstić information content (AvgIpc) is 3.37. The summed E-state index contributed by atoms with van der Waals surface area (Å²) in [5.74, 6) is 0.712. The molecule has 2 aromatic heterocycles. The molecule has 0 saturated carbocycles. The second-order valence-electron chi connectivity index (χ2n) is 15.6. The fourth-order valence-corrected chi connectivity index (χ4v) is 6.11. The van der Waals surface area contributed by atoms with Gasteiger partial charge in [0, 0.05) is 88.8 Å². The Balaban J connectivity index is -0.000000474. The van der Waals surface area contributed by atoms with E-state index in [0.29, 0.717) is 37.7 Å². The molecule has 0 unspecified atom stereocenters. The van der Waals surface area contributed by atoms with Crippen LogP contribution in [-0.2, 0) is 87.3 Å². The van der Waals surface area contributed by atoms with Crippen LogP contribution in [0.25, 0.3) is 0 Å². The first-order valence-electron chi connectivity index (χ1n) is 23.3. The third-order valence-electron chi connectivity index (χ3n) is 9.32. The first-order valence-corrected chi connectivity index (χ1v) is 23.3. The number of nitrogens with zero attached hydrogens (tertiary/aromatic N) is 4. The molecule has 398 valence electrons. The van der Waals surface area contributed by atoms with Crippen molar-refractivity contribution in [2.24, 2.45) is 0 Å². The van der Waals surface area contributed by atoms with Gasteiger partial charge in [0.05, 0.1) is 25.6 Å². The molecule has 2 radical (unpaired) electrons. The summed E-state index contributed by atoms with van der Waals surface area (Å²) in [6, 6.07) is 39.8. The van der Waals surface area contributed by atoms with Gasteiger partial charge in [0.2, 0.25) is 0 Å². The van der Waals surface area contributed by atoms with Crippen LogP contribution in [0, 0.1) is 13.8 Å². The zero-order valence-electron chi connectivity index (χ0n) is 43.4. The Morgan fingerprint density at radius 1 is 0.431 bits per heavy atom. The van der Waals surface area contributed by atoms with Crippen molar-refractivity contribution in [3.8, 4) is 23.0 Å². The van der Waals surface area contributed by atoms with Gasteiger partial charge in [-0.25, -0.2) is 0 Å². The number of hydrogen-bond acceptors (Lipinski definition) is 12. The third-order valence-corrected chi connectivity index (χ3v) is 9.32. The molecule has 6 rings (SSSR count). The smallest absolute Gasteiger partial charge is 0.111 e. The molecule has 72 heavy (non-hydrogen) atoms. The van der Waals surface area contributed by atoms with E-state index in [1.54, 1.807) is 24.5 Å². The van der Waals surface area contributed by atoms with Gasteiger partial charge < -0.3 is 51.1 Å². The monoisotopic (exact) mass is 1060 g/mol. The topological polar surface area (TPSA) is 246 Å². The molecule has 6 aromatic rings. The molecule has 0 spiro atoms. The van der Waals surface area contributed by atoms with E-state index in [9.17, 15) is 30.6 Å². The third kappa shape index (κ3) is 32.3. The molecular formula is C56H74N4O10V2-10. The number of aromatic nitrogens is 2. The van der Waals surface area contributed by atoms with Gasteiger partial charge in [0.15, 0.2) is 0 Å². The number of aryl methyl sites for hydroxylation is 2. The van der Waals surface area contributed by atoms with Crippen molar-refractivity contribution in [2.75, 3.05) is 40.6 Å². The Kier molecular flexibility index (Phi) is 48.4. The van der Waals surface area contributed by atoms with Gasteiger partial charge in [-0.15, -0.1) is 26.4 Å². The quantitative estimate of drug-likeness (QED) is 0.0943. The minimum atomic E-state index is -0.0443. The molecule has 0 bridgehead atoms. The van der Waals surface area contributed by atoms with E-state index in [-0.39, 0.29) is 86.0 Å². The molecule has 2 heterocycles. The zero-order chi connectivity index (χ0) is 50.4. The first kappa shape index (κ1) is 73.8. The Morgan fingerprint density at radius 2 is 0.722 bits per heavy atom. The summed E-state index contributed by atoms with van der Waals surface area (Å²) in [7, 11) is 3.07. The van der Waals surface area contributed by atoms with Crippen molar-refractivity contribution in [1.29, 1.82) is 0 Å². The SMILES string of the molecule is CCC[O-].CCC[O-].CCC[O-].CCC[O-].COc1cc(C)cc(CN(Cc2ccccc2)Cc2ccccn2)c1[O-].COc1cc(C)cc(CN(Cc2ccccc2)Cc2ccccn2)c1[O-].[O-2].[O-2].[V].[V]. The summed E-state index contributed by atoms with van der Waals surface area (Å²) >= 11 is 0. The molecule has 0 N–H and O–H groups in total. The number of benzene rings is 4. The molecule has 0 amide bonds. The molecule has 0 aliphatic rings. The molecule has 14 nitrogen and oxygen atoms in total. The van der Waals surface area contributed by atoms with Crippen LogP contribution >= 0.6 is 0 Å². The summed E-state index contributed by atoms with van der Waals surface area (Å²) < 4.78 is 10.5. The van der Waals surface area contributed by atoms with Crippen LogP contribution < -0.4 is 40.1 Å². The van der Waals surface area contributed by atoms with Crippen molar-refractivity contribution in [2.45, 2.75) is 106 Å². The molecule has 4 aromatic carbocycles. The Bertz CT molecular complexity index is 1880. The molecule has 0 atom stereocenters. The van der Waals surface area contributed by atoms with Crippen LogP contribution in [0.1, 0.15) is 98.1 Å². The minimum Gasteiger partial charge on any atom is -2.00 e. The molecule has 0 saturated heterocycles. The van der Waals surface area contributed by atoms with Crippen LogP contribution in [0.4, 0.5) is 0 Å². The molecular weight excluding hydrogens is 991 g/mol. The average molecular weight is 1070 g/mol. The van der Waals surface area contributed by atoms with Crippen LogP contribution in [0.2, 0.25) is 0 Å². The first-order chi connectivity index (χ1) is 33.0. The predicted molar refractivity (Wildman–Crippen MR) is 264 cm³/mol. The molecule has 16 heteroatoms. The molecule has 0 aliphatic heterocycles. The van der Waals surface area contributed by atoms with Gasteiger partial charge in [-0.3, -0.25) is 19.8 Å². The van der Waals surface area contributed by atoms with Gasteiger partial charge in [-0.1, -0.05) is 150 Å². The van der Waals surface area contributed by atoms with E-state index in [1.807, 2.05) is 126 Å². The van der Waals surface area contributed by atoms with Crippen molar-refractivity contribution < 1.29 is 88.2 Å². The normalized spacial score (nSPS) is 9.53. The van der Waals surface area contributed by atoms with Crippen molar-refractivity contribution in [3.05, 3.63) is 178 Å². The number of hydrogen-bond donors (Lipinski definition) is 0. The summed E-state index contributed by atoms with van der Waals surface area (Å²) in [4.78, 5) is 13.3. The van der Waals surface area contributed by atoms with E-state index in [2.05, 4.69) is 44.0 Å². The standard InChI is InChI=1S/2C22H24N2O2.4C3H7O.2O.2V/c2*1-17-12-19(22(25)21(13-17)26-2)15-24(14-18-8-4-3-5-9-18)16-20-10-6-7-11-23-20;4*1-2-3-4;;;;/h2*3-13,25H,14-16H2,1-2H3;4*2-3H2,1H3;;;;/q;;4*-1;2*-2;;/p-2. The molecule has 0 aliphatic carbocycles. The van der Waals surface area contributed by atoms with Crippen molar-refractivity contribution in [3.63, 3.8) is 0 Å². The van der Waals surface area contributed by atoms with Crippen LogP contribution in [-0.4, -0.2) is 60.4 Å². The second kappa shape index (κ2) is 47.2. The number of methoxy groups -OCH3 is 2.